The predicted molar refractivity (Wildman–Crippen MR) is 79.8 cm³/mol. The van der Waals surface area contributed by atoms with Gasteiger partial charge in [0.15, 0.2) is 0 Å². The van der Waals surface area contributed by atoms with Crippen LogP contribution in [-0.2, 0) is 13.1 Å². The highest BCUT2D eigenvalue weighted by Gasteiger charge is 2.04. The summed E-state index contributed by atoms with van der Waals surface area (Å²) in [6, 6.07) is 6.14. The van der Waals surface area contributed by atoms with Gasteiger partial charge in [0.25, 0.3) is 0 Å². The number of nitrogens with one attached hydrogen (secondary N) is 2. The van der Waals surface area contributed by atoms with Gasteiger partial charge in [0.2, 0.25) is 0 Å². The largest absolute Gasteiger partial charge is 0.496 e. The van der Waals surface area contributed by atoms with Gasteiger partial charge in [-0.3, -0.25) is 0 Å². The van der Waals surface area contributed by atoms with Gasteiger partial charge >= 0.3 is 0 Å². The monoisotopic (exact) mass is 282 g/mol. The van der Waals surface area contributed by atoms with Crippen LogP contribution in [0.5, 0.6) is 5.75 Å². The molecule has 4 N–H and O–H groups in total. The second-order valence-electron chi connectivity index (χ2n) is 4.65. The fourth-order valence-corrected chi connectivity index (χ4v) is 1.94. The molecular formula is C15H26N2O3. The minimum Gasteiger partial charge on any atom is -0.496 e. The summed E-state index contributed by atoms with van der Waals surface area (Å²) >= 11 is 0. The van der Waals surface area contributed by atoms with Crippen LogP contribution < -0.4 is 15.4 Å². The van der Waals surface area contributed by atoms with Crippen LogP contribution in [0.15, 0.2) is 18.2 Å². The maximum absolute atomic E-state index is 8.76. The van der Waals surface area contributed by atoms with Crippen LogP contribution in [0.1, 0.15) is 24.0 Å². The molecule has 0 aliphatic heterocycles. The van der Waals surface area contributed by atoms with E-state index in [1.165, 1.54) is 5.56 Å². The maximum atomic E-state index is 8.76. The van der Waals surface area contributed by atoms with Crippen molar-refractivity contribution in [3.05, 3.63) is 29.3 Å². The Kier molecular flexibility index (Phi) is 8.98. The molecule has 0 amide bonds. The van der Waals surface area contributed by atoms with E-state index in [1.807, 2.05) is 12.1 Å². The van der Waals surface area contributed by atoms with Crippen LogP contribution in [-0.4, -0.2) is 43.6 Å². The van der Waals surface area contributed by atoms with Gasteiger partial charge in [-0.25, -0.2) is 0 Å². The van der Waals surface area contributed by atoms with E-state index in [9.17, 15) is 0 Å². The number of aliphatic hydroxyl groups is 2. The van der Waals surface area contributed by atoms with E-state index in [0.29, 0.717) is 0 Å². The molecule has 5 nitrogen and oxygen atoms in total. The number of hydrogen-bond acceptors (Lipinski definition) is 5. The van der Waals surface area contributed by atoms with E-state index in [0.717, 1.165) is 50.3 Å². The molecule has 0 aliphatic carbocycles. The molecule has 114 valence electrons. The number of rotatable bonds is 11. The molecule has 5 heteroatoms. The van der Waals surface area contributed by atoms with Crippen molar-refractivity contribution in [3.63, 3.8) is 0 Å². The zero-order valence-electron chi connectivity index (χ0n) is 12.2. The summed E-state index contributed by atoms with van der Waals surface area (Å²) in [6.45, 7) is 3.54. The summed E-state index contributed by atoms with van der Waals surface area (Å²) in [4.78, 5) is 0. The fourth-order valence-electron chi connectivity index (χ4n) is 1.94. The fraction of sp³-hybridized carbons (Fsp3) is 0.600. The average molecular weight is 282 g/mol. The first-order valence-corrected chi connectivity index (χ1v) is 7.10. The van der Waals surface area contributed by atoms with E-state index in [-0.39, 0.29) is 13.2 Å². The van der Waals surface area contributed by atoms with Crippen LogP contribution in [0.4, 0.5) is 0 Å². The molecule has 0 bridgehead atoms. The van der Waals surface area contributed by atoms with Gasteiger partial charge in [0, 0.05) is 31.9 Å². The van der Waals surface area contributed by atoms with Crippen molar-refractivity contribution in [1.82, 2.24) is 10.6 Å². The van der Waals surface area contributed by atoms with Gasteiger partial charge in [-0.05, 0) is 43.6 Å². The average Bonchev–Trinajstić information content (AvgIpc) is 2.48. The van der Waals surface area contributed by atoms with E-state index in [1.54, 1.807) is 7.11 Å². The standard InChI is InChI=1S/C15H26N2O3/c1-20-15-5-4-13(11-16-6-2-8-18)10-14(15)12-17-7-3-9-19/h4-5,10,16-19H,2-3,6-9,11-12H2,1H3. The molecule has 0 unspecified atom stereocenters. The van der Waals surface area contributed by atoms with Crippen molar-refractivity contribution in [1.29, 1.82) is 0 Å². The van der Waals surface area contributed by atoms with Gasteiger partial charge in [0.05, 0.1) is 7.11 Å². The lowest BCUT2D eigenvalue weighted by molar-refractivity contribution is 0.285. The third-order valence-corrected chi connectivity index (χ3v) is 3.01. The lowest BCUT2D eigenvalue weighted by atomic mass is 10.1. The van der Waals surface area contributed by atoms with Crippen LogP contribution in [0.25, 0.3) is 0 Å². The maximum Gasteiger partial charge on any atom is 0.123 e. The van der Waals surface area contributed by atoms with Gasteiger partial charge in [-0.1, -0.05) is 6.07 Å². The number of hydrogen-bond donors (Lipinski definition) is 4. The molecule has 1 aromatic rings. The molecule has 0 fully saturated rings. The number of methoxy groups -OCH3 is 1. The molecule has 1 aromatic carbocycles. The lowest BCUT2D eigenvalue weighted by Crippen LogP contribution is -2.18. The van der Waals surface area contributed by atoms with Crippen LogP contribution in [0.2, 0.25) is 0 Å². The Morgan fingerprint density at radius 1 is 1.00 bits per heavy atom. The summed E-state index contributed by atoms with van der Waals surface area (Å²) in [7, 11) is 1.67. The second kappa shape index (κ2) is 10.6. The molecule has 0 aromatic heterocycles. The highest BCUT2D eigenvalue weighted by Crippen LogP contribution is 2.19. The van der Waals surface area contributed by atoms with Crippen LogP contribution in [0.3, 0.4) is 0 Å². The first-order valence-electron chi connectivity index (χ1n) is 7.10. The van der Waals surface area contributed by atoms with E-state index in [4.69, 9.17) is 14.9 Å². The van der Waals surface area contributed by atoms with Crippen molar-refractivity contribution in [3.8, 4) is 5.75 Å². The van der Waals surface area contributed by atoms with E-state index < -0.39 is 0 Å². The van der Waals surface area contributed by atoms with Crippen molar-refractivity contribution < 1.29 is 14.9 Å². The van der Waals surface area contributed by atoms with Gasteiger partial charge < -0.3 is 25.6 Å². The van der Waals surface area contributed by atoms with Crippen molar-refractivity contribution >= 4 is 0 Å². The molecule has 0 saturated carbocycles. The summed E-state index contributed by atoms with van der Waals surface area (Å²) in [5, 5.41) is 24.1. The topological polar surface area (TPSA) is 73.8 Å². The normalized spacial score (nSPS) is 10.8. The van der Waals surface area contributed by atoms with E-state index in [2.05, 4.69) is 16.7 Å². The molecule has 20 heavy (non-hydrogen) atoms. The third-order valence-electron chi connectivity index (χ3n) is 3.01. The Bertz CT molecular complexity index is 372. The predicted octanol–water partition coefficient (Wildman–Crippen LogP) is 0.639. The zero-order valence-corrected chi connectivity index (χ0v) is 12.2. The quantitative estimate of drug-likeness (QED) is 0.448. The Morgan fingerprint density at radius 2 is 1.65 bits per heavy atom. The Morgan fingerprint density at radius 3 is 2.25 bits per heavy atom. The van der Waals surface area contributed by atoms with Gasteiger partial charge in [-0.2, -0.15) is 0 Å². The smallest absolute Gasteiger partial charge is 0.123 e. The molecule has 0 spiro atoms. The Balaban J connectivity index is 2.51. The summed E-state index contributed by atoms with van der Waals surface area (Å²) < 4.78 is 5.36. The molecule has 0 heterocycles. The number of aliphatic hydroxyl groups excluding tert-OH is 2. The van der Waals surface area contributed by atoms with Crippen LogP contribution >= 0.6 is 0 Å². The first-order chi connectivity index (χ1) is 9.81. The van der Waals surface area contributed by atoms with Gasteiger partial charge in [-0.15, -0.1) is 0 Å². The Hall–Kier alpha value is -1.14. The highest BCUT2D eigenvalue weighted by molar-refractivity contribution is 5.37. The van der Waals surface area contributed by atoms with Gasteiger partial charge in [0.1, 0.15) is 5.75 Å². The van der Waals surface area contributed by atoms with Crippen molar-refractivity contribution in [2.24, 2.45) is 0 Å². The summed E-state index contributed by atoms with van der Waals surface area (Å²) in [6.07, 6.45) is 1.52. The molecule has 1 rings (SSSR count). The van der Waals surface area contributed by atoms with E-state index >= 15 is 0 Å². The molecular weight excluding hydrogens is 256 g/mol. The van der Waals surface area contributed by atoms with Crippen molar-refractivity contribution in [2.45, 2.75) is 25.9 Å². The molecule has 0 atom stereocenters. The SMILES string of the molecule is COc1ccc(CNCCCO)cc1CNCCCO. The van der Waals surface area contributed by atoms with Crippen molar-refractivity contribution in [2.75, 3.05) is 33.4 Å². The summed E-state index contributed by atoms with van der Waals surface area (Å²) in [5.74, 6) is 0.876. The Labute approximate surface area is 121 Å². The minimum atomic E-state index is 0.207. The minimum absolute atomic E-state index is 0.207. The third kappa shape index (κ3) is 6.34. The zero-order chi connectivity index (χ0) is 14.6. The first kappa shape index (κ1) is 16.9. The molecule has 0 radical (unpaired) electrons. The number of benzene rings is 1. The molecule has 0 saturated heterocycles. The number of ether oxygens (including phenoxy) is 1. The van der Waals surface area contributed by atoms with Crippen LogP contribution in [0, 0.1) is 0 Å². The lowest BCUT2D eigenvalue weighted by Gasteiger charge is -2.12. The summed E-state index contributed by atoms with van der Waals surface area (Å²) in [5.41, 5.74) is 2.31. The molecule has 0 aliphatic rings. The second-order valence-corrected chi connectivity index (χ2v) is 4.65. The highest BCUT2D eigenvalue weighted by atomic mass is 16.5.